The summed E-state index contributed by atoms with van der Waals surface area (Å²) in [6.45, 7) is 4.82. The second kappa shape index (κ2) is 4.39. The summed E-state index contributed by atoms with van der Waals surface area (Å²) in [7, 11) is -1.38. The molecule has 1 unspecified atom stereocenters. The molecule has 72 valence electrons. The van der Waals surface area contributed by atoms with Gasteiger partial charge in [0.25, 0.3) is 0 Å². The first-order valence-electron chi connectivity index (χ1n) is 4.16. The van der Waals surface area contributed by atoms with Crippen LogP contribution in [-0.2, 0) is 11.0 Å². The van der Waals surface area contributed by atoms with Crippen LogP contribution in [0.1, 0.15) is 12.5 Å². The zero-order valence-corrected chi connectivity index (χ0v) is 8.65. The van der Waals surface area contributed by atoms with Crippen LogP contribution in [0, 0.1) is 6.92 Å². The highest BCUT2D eigenvalue weighted by molar-refractivity contribution is 7.82. The Bertz CT molecular complexity index is 325. The number of rotatable bonds is 3. The molecule has 13 heavy (non-hydrogen) atoms. The van der Waals surface area contributed by atoms with E-state index in [1.807, 2.05) is 26.0 Å². The van der Waals surface area contributed by atoms with Crippen molar-refractivity contribution < 1.29 is 4.21 Å². The zero-order valence-electron chi connectivity index (χ0n) is 7.83. The lowest BCUT2D eigenvalue weighted by molar-refractivity contribution is 0.684. The van der Waals surface area contributed by atoms with Gasteiger partial charge in [-0.3, -0.25) is 0 Å². The zero-order chi connectivity index (χ0) is 9.84. The van der Waals surface area contributed by atoms with Gasteiger partial charge in [0, 0.05) is 12.2 Å². The van der Waals surface area contributed by atoms with Crippen LogP contribution in [0.5, 0.6) is 0 Å². The first-order chi connectivity index (χ1) is 6.15. The maximum Gasteiger partial charge on any atom is 0.122 e. The molecule has 0 fully saturated rings. The topological polar surface area (TPSA) is 55.1 Å². The van der Waals surface area contributed by atoms with E-state index >= 15 is 0 Å². The first kappa shape index (κ1) is 10.2. The second-order valence-electron chi connectivity index (χ2n) is 2.81. The summed E-state index contributed by atoms with van der Waals surface area (Å²) in [6.07, 6.45) is 0. The van der Waals surface area contributed by atoms with Crippen molar-refractivity contribution in [1.29, 1.82) is 0 Å². The van der Waals surface area contributed by atoms with Crippen LogP contribution in [0.3, 0.4) is 0 Å². The van der Waals surface area contributed by atoms with Gasteiger partial charge in [-0.1, -0.05) is 0 Å². The van der Waals surface area contributed by atoms with Crippen molar-refractivity contribution in [3.05, 3.63) is 23.8 Å². The quantitative estimate of drug-likeness (QED) is 0.771. The monoisotopic (exact) mass is 198 g/mol. The highest BCUT2D eigenvalue weighted by atomic mass is 32.2. The van der Waals surface area contributed by atoms with Crippen molar-refractivity contribution in [2.24, 2.45) is 5.14 Å². The number of hydrogen-bond acceptors (Lipinski definition) is 2. The summed E-state index contributed by atoms with van der Waals surface area (Å²) in [5, 5.41) is 8.47. The third-order valence-electron chi connectivity index (χ3n) is 1.77. The van der Waals surface area contributed by atoms with Crippen LogP contribution < -0.4 is 10.5 Å². The predicted molar refractivity (Wildman–Crippen MR) is 55.9 cm³/mol. The van der Waals surface area contributed by atoms with Crippen LogP contribution in [0.2, 0.25) is 0 Å². The molecule has 1 rings (SSSR count). The largest absolute Gasteiger partial charge is 0.385 e. The molecule has 0 saturated carbocycles. The van der Waals surface area contributed by atoms with Crippen LogP contribution in [0.4, 0.5) is 5.69 Å². The first-order valence-corrected chi connectivity index (χ1v) is 5.37. The minimum absolute atomic E-state index is 0.696. The number of nitrogens with two attached hydrogens (primary N) is 1. The van der Waals surface area contributed by atoms with Crippen molar-refractivity contribution in [1.82, 2.24) is 0 Å². The van der Waals surface area contributed by atoms with E-state index in [1.165, 1.54) is 0 Å². The molecule has 1 aromatic rings. The molecule has 0 aliphatic heterocycles. The Kier molecular flexibility index (Phi) is 3.45. The highest BCUT2D eigenvalue weighted by Crippen LogP contribution is 2.16. The van der Waals surface area contributed by atoms with Crippen molar-refractivity contribution in [3.63, 3.8) is 0 Å². The maximum atomic E-state index is 11.0. The third-order valence-corrected chi connectivity index (χ3v) is 2.66. The average Bonchev–Trinajstić information content (AvgIpc) is 2.04. The summed E-state index contributed by atoms with van der Waals surface area (Å²) in [4.78, 5) is 0.696. The second-order valence-corrected chi connectivity index (χ2v) is 3.84. The van der Waals surface area contributed by atoms with E-state index in [1.54, 1.807) is 6.07 Å². The Morgan fingerprint density at radius 1 is 1.54 bits per heavy atom. The molecule has 0 radical (unpaired) electrons. The molecular formula is C9H14N2OS. The molecule has 4 heteroatoms. The minimum atomic E-state index is -1.38. The molecule has 0 spiro atoms. The summed E-state index contributed by atoms with van der Waals surface area (Å²) < 4.78 is 11.0. The average molecular weight is 198 g/mol. The van der Waals surface area contributed by atoms with Gasteiger partial charge in [-0.2, -0.15) is 0 Å². The molecule has 0 saturated heterocycles. The molecule has 3 N–H and O–H groups in total. The Morgan fingerprint density at radius 2 is 2.23 bits per heavy atom. The maximum absolute atomic E-state index is 11.0. The van der Waals surface area contributed by atoms with Crippen molar-refractivity contribution >= 4 is 16.7 Å². The third kappa shape index (κ3) is 2.54. The van der Waals surface area contributed by atoms with E-state index < -0.39 is 11.0 Å². The summed E-state index contributed by atoms with van der Waals surface area (Å²) in [5.74, 6) is 0. The molecule has 0 aliphatic carbocycles. The number of aryl methyl sites for hydroxylation is 1. The van der Waals surface area contributed by atoms with Crippen LogP contribution in [0.15, 0.2) is 23.1 Å². The van der Waals surface area contributed by atoms with Gasteiger partial charge < -0.3 is 5.32 Å². The fourth-order valence-corrected chi connectivity index (χ4v) is 1.77. The lowest BCUT2D eigenvalue weighted by atomic mass is 10.2. The Hall–Kier alpha value is -0.870. The lowest BCUT2D eigenvalue weighted by Gasteiger charge is -2.06. The van der Waals surface area contributed by atoms with Gasteiger partial charge >= 0.3 is 0 Å². The van der Waals surface area contributed by atoms with Gasteiger partial charge in [-0.25, -0.2) is 9.35 Å². The fraction of sp³-hybridized carbons (Fsp3) is 0.333. The molecule has 3 nitrogen and oxygen atoms in total. The van der Waals surface area contributed by atoms with Crippen molar-refractivity contribution in [3.8, 4) is 0 Å². The van der Waals surface area contributed by atoms with Crippen LogP contribution in [-0.4, -0.2) is 10.8 Å². The molecule has 1 atom stereocenters. The minimum Gasteiger partial charge on any atom is -0.385 e. The molecule has 0 heterocycles. The van der Waals surface area contributed by atoms with Gasteiger partial charge in [-0.05, 0) is 37.6 Å². The standard InChI is InChI=1S/C9H14N2OS/c1-3-11-8-4-5-9(13(10)12)7(2)6-8/h4-6,11H,3,10H2,1-2H3. The van der Waals surface area contributed by atoms with E-state index in [0.29, 0.717) is 4.90 Å². The Morgan fingerprint density at radius 3 is 2.69 bits per heavy atom. The number of hydrogen-bond donors (Lipinski definition) is 2. The molecule has 0 amide bonds. The van der Waals surface area contributed by atoms with Gasteiger partial charge in [0.15, 0.2) is 0 Å². The summed E-state index contributed by atoms with van der Waals surface area (Å²) >= 11 is 0. The normalized spacial score (nSPS) is 12.5. The van der Waals surface area contributed by atoms with Crippen molar-refractivity contribution in [2.75, 3.05) is 11.9 Å². The van der Waals surface area contributed by atoms with Crippen LogP contribution >= 0.6 is 0 Å². The Labute approximate surface area is 80.9 Å². The van der Waals surface area contributed by atoms with Gasteiger partial charge in [0.1, 0.15) is 11.0 Å². The molecule has 1 aromatic carbocycles. The summed E-state index contributed by atoms with van der Waals surface area (Å²) in [6, 6.07) is 5.63. The smallest absolute Gasteiger partial charge is 0.122 e. The number of anilines is 1. The number of benzene rings is 1. The fourth-order valence-electron chi connectivity index (χ4n) is 1.19. The molecule has 0 aliphatic rings. The molecular weight excluding hydrogens is 184 g/mol. The highest BCUT2D eigenvalue weighted by Gasteiger charge is 2.02. The van der Waals surface area contributed by atoms with Gasteiger partial charge in [0.05, 0.1) is 4.90 Å². The van der Waals surface area contributed by atoms with E-state index in [0.717, 1.165) is 17.8 Å². The SMILES string of the molecule is CCNc1ccc(S(N)=O)c(C)c1. The predicted octanol–water partition coefficient (Wildman–Crippen LogP) is 1.41. The van der Waals surface area contributed by atoms with E-state index in [2.05, 4.69) is 5.32 Å². The van der Waals surface area contributed by atoms with Gasteiger partial charge in [0.2, 0.25) is 0 Å². The summed E-state index contributed by atoms with van der Waals surface area (Å²) in [5.41, 5.74) is 1.99. The van der Waals surface area contributed by atoms with E-state index in [-0.39, 0.29) is 0 Å². The molecule has 0 aromatic heterocycles. The molecule has 0 bridgehead atoms. The van der Waals surface area contributed by atoms with Crippen molar-refractivity contribution in [2.45, 2.75) is 18.7 Å². The Balaban J connectivity index is 2.98. The van der Waals surface area contributed by atoms with Gasteiger partial charge in [-0.15, -0.1) is 0 Å². The van der Waals surface area contributed by atoms with E-state index in [4.69, 9.17) is 5.14 Å². The number of nitrogens with one attached hydrogen (secondary N) is 1. The van der Waals surface area contributed by atoms with E-state index in [9.17, 15) is 4.21 Å². The lowest BCUT2D eigenvalue weighted by Crippen LogP contribution is -2.05. The van der Waals surface area contributed by atoms with Crippen LogP contribution in [0.25, 0.3) is 0 Å².